The number of benzene rings is 2. The highest BCUT2D eigenvalue weighted by Gasteiger charge is 2.36. The molecule has 142 valence electrons. The first-order valence-electron chi connectivity index (χ1n) is 7.85. The van der Waals surface area contributed by atoms with Crippen LogP contribution in [0.4, 0.5) is 11.4 Å². The van der Waals surface area contributed by atoms with Crippen LogP contribution in [0.25, 0.3) is 0 Å². The molecular weight excluding hydrogens is 396 g/mol. The number of ether oxygens (including phenoxy) is 2. The van der Waals surface area contributed by atoms with Crippen LogP contribution in [0.15, 0.2) is 47.4 Å². The number of amides is 1. The number of anilines is 2. The van der Waals surface area contributed by atoms with Crippen molar-refractivity contribution in [1.29, 1.82) is 0 Å². The van der Waals surface area contributed by atoms with Gasteiger partial charge in [-0.3, -0.25) is 9.52 Å². The van der Waals surface area contributed by atoms with Crippen LogP contribution >= 0.6 is 0 Å². The van der Waals surface area contributed by atoms with Gasteiger partial charge in [-0.2, -0.15) is 0 Å². The molecule has 2 aliphatic heterocycles. The highest BCUT2D eigenvalue weighted by atomic mass is 32.2. The Kier molecular flexibility index (Phi) is 4.00. The molecule has 11 heteroatoms. The summed E-state index contributed by atoms with van der Waals surface area (Å²) in [5.74, 6) is 0.170. The number of nitrogens with zero attached hydrogens (tertiary/aromatic N) is 1. The molecule has 9 nitrogen and oxygen atoms in total. The van der Waals surface area contributed by atoms with Gasteiger partial charge in [-0.05, 0) is 36.4 Å². The Morgan fingerprint density at radius 3 is 2.37 bits per heavy atom. The van der Waals surface area contributed by atoms with Gasteiger partial charge >= 0.3 is 0 Å². The maximum absolute atomic E-state index is 12.5. The highest BCUT2D eigenvalue weighted by Crippen LogP contribution is 2.35. The zero-order chi connectivity index (χ0) is 19.2. The van der Waals surface area contributed by atoms with Gasteiger partial charge in [0.05, 0.1) is 22.0 Å². The van der Waals surface area contributed by atoms with Crippen molar-refractivity contribution in [3.63, 3.8) is 0 Å². The summed E-state index contributed by atoms with van der Waals surface area (Å²) in [6.07, 6.45) is -0.0892. The van der Waals surface area contributed by atoms with Crippen molar-refractivity contribution in [3.05, 3.63) is 42.5 Å². The molecule has 1 fully saturated rings. The van der Waals surface area contributed by atoms with E-state index in [1.165, 1.54) is 36.4 Å². The van der Waals surface area contributed by atoms with Gasteiger partial charge in [0.15, 0.2) is 11.5 Å². The first-order valence-corrected chi connectivity index (χ1v) is 10.9. The van der Waals surface area contributed by atoms with E-state index in [0.29, 0.717) is 21.5 Å². The van der Waals surface area contributed by atoms with Crippen LogP contribution in [0.1, 0.15) is 6.42 Å². The molecule has 0 saturated carbocycles. The highest BCUT2D eigenvalue weighted by molar-refractivity contribution is 7.94. The van der Waals surface area contributed by atoms with Crippen molar-refractivity contribution in [3.8, 4) is 11.5 Å². The molecule has 0 aromatic heterocycles. The van der Waals surface area contributed by atoms with E-state index >= 15 is 0 Å². The van der Waals surface area contributed by atoms with Crippen molar-refractivity contribution in [2.24, 2.45) is 0 Å². The summed E-state index contributed by atoms with van der Waals surface area (Å²) >= 11 is 0. The average molecular weight is 410 g/mol. The maximum Gasteiger partial charge on any atom is 0.261 e. The maximum atomic E-state index is 12.5. The number of fused-ring (bicyclic) bond motifs is 1. The van der Waals surface area contributed by atoms with Gasteiger partial charge in [0.2, 0.25) is 22.7 Å². The van der Waals surface area contributed by atoms with Crippen molar-refractivity contribution < 1.29 is 31.1 Å². The van der Waals surface area contributed by atoms with Crippen LogP contribution in [0.2, 0.25) is 0 Å². The standard InChI is InChI=1S/C16H14N2O7S2/c19-16-7-8-26(20,21)18(16)12-2-4-13(5-3-12)27(22,23)17-11-1-6-14-15(9-11)25-10-24-14/h1-6,9,17H,7-8,10H2. The number of carbonyl (C=O) groups is 1. The van der Waals surface area contributed by atoms with Gasteiger partial charge in [0, 0.05) is 12.5 Å². The molecule has 0 unspecified atom stereocenters. The monoisotopic (exact) mass is 410 g/mol. The van der Waals surface area contributed by atoms with Gasteiger partial charge in [-0.1, -0.05) is 0 Å². The predicted octanol–water partition coefficient (Wildman–Crippen LogP) is 1.28. The second kappa shape index (κ2) is 6.13. The molecule has 2 aliphatic rings. The molecule has 1 amide bonds. The van der Waals surface area contributed by atoms with Crippen molar-refractivity contribution >= 4 is 37.3 Å². The number of rotatable bonds is 4. The minimum absolute atomic E-state index is 0.0745. The number of sulfonamides is 2. The molecule has 0 bridgehead atoms. The third-order valence-corrected chi connectivity index (χ3v) is 7.17. The van der Waals surface area contributed by atoms with E-state index in [1.54, 1.807) is 6.07 Å². The molecule has 2 aromatic carbocycles. The summed E-state index contributed by atoms with van der Waals surface area (Å²) in [5, 5.41) is 0. The number of carbonyl (C=O) groups excluding carboxylic acids is 1. The topological polar surface area (TPSA) is 119 Å². The normalized spacial score (nSPS) is 17.9. The van der Waals surface area contributed by atoms with Crippen molar-refractivity contribution in [2.45, 2.75) is 11.3 Å². The molecule has 0 radical (unpaired) electrons. The van der Waals surface area contributed by atoms with Gasteiger partial charge in [0.1, 0.15) is 0 Å². The number of hydrogen-bond acceptors (Lipinski definition) is 7. The van der Waals surface area contributed by atoms with Gasteiger partial charge in [-0.15, -0.1) is 0 Å². The lowest BCUT2D eigenvalue weighted by molar-refractivity contribution is -0.116. The van der Waals surface area contributed by atoms with Crippen molar-refractivity contribution in [2.75, 3.05) is 21.6 Å². The smallest absolute Gasteiger partial charge is 0.261 e. The Hall–Kier alpha value is -2.79. The van der Waals surface area contributed by atoms with Crippen LogP contribution in [-0.2, 0) is 24.8 Å². The minimum Gasteiger partial charge on any atom is -0.454 e. The Labute approximate surface area is 155 Å². The summed E-state index contributed by atoms with van der Waals surface area (Å²) < 4.78 is 62.5. The third kappa shape index (κ3) is 3.19. The zero-order valence-corrected chi connectivity index (χ0v) is 15.4. The second-order valence-electron chi connectivity index (χ2n) is 5.89. The van der Waals surface area contributed by atoms with E-state index in [9.17, 15) is 21.6 Å². The molecule has 1 N–H and O–H groups in total. The molecule has 0 aliphatic carbocycles. The average Bonchev–Trinajstić information content (AvgIpc) is 3.18. The summed E-state index contributed by atoms with van der Waals surface area (Å²) in [6.45, 7) is 0.0745. The van der Waals surface area contributed by atoms with Gasteiger partial charge in [-0.25, -0.2) is 21.1 Å². The van der Waals surface area contributed by atoms with Crippen LogP contribution < -0.4 is 18.5 Å². The van der Waals surface area contributed by atoms with Crippen LogP contribution in [-0.4, -0.2) is 35.3 Å². The molecule has 2 aromatic rings. The fourth-order valence-corrected chi connectivity index (χ4v) is 5.31. The van der Waals surface area contributed by atoms with Crippen LogP contribution in [0.5, 0.6) is 11.5 Å². The first-order chi connectivity index (χ1) is 12.8. The zero-order valence-electron chi connectivity index (χ0n) is 13.8. The molecule has 2 heterocycles. The second-order valence-corrected chi connectivity index (χ2v) is 9.51. The quantitative estimate of drug-likeness (QED) is 0.806. The minimum atomic E-state index is -3.91. The Bertz CT molecular complexity index is 1130. The molecule has 1 saturated heterocycles. The summed E-state index contributed by atoms with van der Waals surface area (Å²) in [5.41, 5.74) is 0.403. The molecule has 27 heavy (non-hydrogen) atoms. The number of nitrogens with one attached hydrogen (secondary N) is 1. The van der Waals surface area contributed by atoms with E-state index in [4.69, 9.17) is 9.47 Å². The first kappa shape index (κ1) is 17.6. The van der Waals surface area contributed by atoms with Gasteiger partial charge in [0.25, 0.3) is 10.0 Å². The van der Waals surface area contributed by atoms with E-state index < -0.39 is 26.0 Å². The SMILES string of the molecule is O=C1CCS(=O)(=O)N1c1ccc(S(=O)(=O)Nc2ccc3c(c2)OCO3)cc1. The fourth-order valence-electron chi connectivity index (χ4n) is 2.80. The largest absolute Gasteiger partial charge is 0.454 e. The van der Waals surface area contributed by atoms with Crippen LogP contribution in [0, 0.1) is 0 Å². The lowest BCUT2D eigenvalue weighted by Gasteiger charge is -2.15. The Morgan fingerprint density at radius 2 is 1.70 bits per heavy atom. The van der Waals surface area contributed by atoms with E-state index in [0.717, 1.165) is 0 Å². The van der Waals surface area contributed by atoms with Gasteiger partial charge < -0.3 is 9.47 Å². The third-order valence-electron chi connectivity index (χ3n) is 4.08. The summed E-state index contributed by atoms with van der Waals surface area (Å²) in [7, 11) is -7.61. The summed E-state index contributed by atoms with van der Waals surface area (Å²) in [4.78, 5) is 11.7. The molecule has 0 atom stereocenters. The number of hydrogen-bond donors (Lipinski definition) is 1. The molecule has 4 rings (SSSR count). The summed E-state index contributed by atoms with van der Waals surface area (Å²) in [6, 6.07) is 9.69. The lowest BCUT2D eigenvalue weighted by Crippen LogP contribution is -2.29. The van der Waals surface area contributed by atoms with Crippen molar-refractivity contribution in [1.82, 2.24) is 0 Å². The molecule has 0 spiro atoms. The van der Waals surface area contributed by atoms with E-state index in [2.05, 4.69) is 4.72 Å². The Balaban J connectivity index is 1.58. The van der Waals surface area contributed by atoms with Crippen LogP contribution in [0.3, 0.4) is 0 Å². The van der Waals surface area contributed by atoms with E-state index in [-0.39, 0.29) is 29.5 Å². The Morgan fingerprint density at radius 1 is 1.00 bits per heavy atom. The molecular formula is C16H14N2O7S2. The predicted molar refractivity (Wildman–Crippen MR) is 95.7 cm³/mol. The van der Waals surface area contributed by atoms with E-state index in [1.807, 2.05) is 0 Å². The fraction of sp³-hybridized carbons (Fsp3) is 0.188. The lowest BCUT2D eigenvalue weighted by atomic mass is 10.3.